The summed E-state index contributed by atoms with van der Waals surface area (Å²) < 4.78 is 156. The van der Waals surface area contributed by atoms with Crippen molar-refractivity contribution >= 4 is 69.1 Å². The third-order valence-electron chi connectivity index (χ3n) is 2.33. The average molecular weight is 588 g/mol. The summed E-state index contributed by atoms with van der Waals surface area (Å²) in [6.45, 7) is -2.70. The van der Waals surface area contributed by atoms with Gasteiger partial charge in [0.25, 0.3) is 0 Å². The molecule has 2 N–H and O–H groups in total. The van der Waals surface area contributed by atoms with E-state index < -0.39 is 68.6 Å². The van der Waals surface area contributed by atoms with Crippen LogP contribution >= 0.6 is 0 Å². The van der Waals surface area contributed by atoms with E-state index in [0.29, 0.717) is 0 Å². The standard InChI is InChI=1S/2C4H6F4O4S.Ba/c2*5-3(6,1-2-9)4(7,8)13(10,11)12;/h2*9H,1-2H2,(H,10,11,12);/q;;+2/p-2. The molecular formula is C8H10BaF8O8S2. The van der Waals surface area contributed by atoms with Gasteiger partial charge in [-0.15, -0.1) is 0 Å². The molecule has 0 atom stereocenters. The zero-order valence-electron chi connectivity index (χ0n) is 12.7. The normalized spacial score (nSPS) is 14.1. The maximum absolute atomic E-state index is 12.2. The molecule has 160 valence electrons. The van der Waals surface area contributed by atoms with Gasteiger partial charge < -0.3 is 19.3 Å². The first-order valence-corrected chi connectivity index (χ1v) is 8.58. The number of hydrogen-bond acceptors (Lipinski definition) is 8. The Morgan fingerprint density at radius 1 is 0.630 bits per heavy atom. The first-order valence-electron chi connectivity index (χ1n) is 5.76. The molecule has 0 heterocycles. The van der Waals surface area contributed by atoms with Crippen molar-refractivity contribution in [2.24, 2.45) is 0 Å². The van der Waals surface area contributed by atoms with E-state index >= 15 is 0 Å². The average Bonchev–Trinajstić information content (AvgIpc) is 2.36. The molecule has 0 rings (SSSR count). The van der Waals surface area contributed by atoms with E-state index in [9.17, 15) is 61.1 Å². The van der Waals surface area contributed by atoms with Gasteiger partial charge in [-0.2, -0.15) is 35.1 Å². The van der Waals surface area contributed by atoms with Gasteiger partial charge in [0.1, 0.15) is 0 Å². The van der Waals surface area contributed by atoms with Gasteiger partial charge in [0.15, 0.2) is 20.2 Å². The van der Waals surface area contributed by atoms with Crippen molar-refractivity contribution in [2.75, 3.05) is 13.2 Å². The Balaban J connectivity index is -0.000000411. The summed E-state index contributed by atoms with van der Waals surface area (Å²) in [5.74, 6) is -10.1. The summed E-state index contributed by atoms with van der Waals surface area (Å²) in [7, 11) is -12.9. The van der Waals surface area contributed by atoms with Crippen LogP contribution in [0.4, 0.5) is 35.1 Å². The molecule has 0 spiro atoms. The fourth-order valence-corrected chi connectivity index (χ4v) is 1.87. The van der Waals surface area contributed by atoms with Crippen LogP contribution in [-0.4, -0.2) is 121 Å². The van der Waals surface area contributed by atoms with Gasteiger partial charge in [-0.3, -0.25) is 0 Å². The summed E-state index contributed by atoms with van der Waals surface area (Å²) in [5, 5.41) is 4.46. The zero-order valence-corrected chi connectivity index (χ0v) is 18.8. The molecule has 0 aliphatic rings. The van der Waals surface area contributed by atoms with Crippen molar-refractivity contribution in [3.63, 3.8) is 0 Å². The van der Waals surface area contributed by atoms with E-state index in [0.717, 1.165) is 0 Å². The molecule has 8 nitrogen and oxygen atoms in total. The largest absolute Gasteiger partial charge is 2.00 e. The van der Waals surface area contributed by atoms with Gasteiger partial charge >= 0.3 is 71.2 Å². The summed E-state index contributed by atoms with van der Waals surface area (Å²) in [4.78, 5) is 0. The van der Waals surface area contributed by atoms with Crippen molar-refractivity contribution in [3.8, 4) is 0 Å². The number of alkyl halides is 8. The molecule has 27 heavy (non-hydrogen) atoms. The molecule has 0 aromatic heterocycles. The summed E-state index contributed by atoms with van der Waals surface area (Å²) in [5.41, 5.74) is 0. The van der Waals surface area contributed by atoms with E-state index in [1.54, 1.807) is 0 Å². The third-order valence-corrected chi connectivity index (χ3v) is 4.18. The molecule has 0 saturated heterocycles. The van der Waals surface area contributed by atoms with Crippen LogP contribution in [0.1, 0.15) is 12.8 Å². The smallest absolute Gasteiger partial charge is 0.743 e. The van der Waals surface area contributed by atoms with E-state index in [4.69, 9.17) is 10.2 Å². The second-order valence-electron chi connectivity index (χ2n) is 4.30. The fourth-order valence-electron chi connectivity index (χ4n) is 0.938. The van der Waals surface area contributed by atoms with Gasteiger partial charge in [-0.25, -0.2) is 16.8 Å². The van der Waals surface area contributed by atoms with Crippen molar-refractivity contribution < 1.29 is 71.3 Å². The second kappa shape index (κ2) is 10.7. The van der Waals surface area contributed by atoms with Crippen LogP contribution in [0.2, 0.25) is 0 Å². The predicted octanol–water partition coefficient (Wildman–Crippen LogP) is -0.0966. The third kappa shape index (κ3) is 8.18. The minimum Gasteiger partial charge on any atom is -0.743 e. The van der Waals surface area contributed by atoms with Gasteiger partial charge in [0.2, 0.25) is 0 Å². The maximum Gasteiger partial charge on any atom is 2.00 e. The molecule has 19 heteroatoms. The van der Waals surface area contributed by atoms with Crippen molar-refractivity contribution in [3.05, 3.63) is 0 Å². The Labute approximate surface area is 187 Å². The first-order chi connectivity index (χ1) is 11.1. The summed E-state index contributed by atoms with van der Waals surface area (Å²) in [6.07, 6.45) is -3.58. The number of halogens is 8. The number of aliphatic hydroxyl groups is 2. The predicted molar refractivity (Wildman–Crippen MR) is 68.3 cm³/mol. The Kier molecular flexibility index (Phi) is 12.8. The van der Waals surface area contributed by atoms with E-state index in [1.807, 2.05) is 0 Å². The quantitative estimate of drug-likeness (QED) is 0.227. The van der Waals surface area contributed by atoms with Crippen molar-refractivity contribution in [1.29, 1.82) is 0 Å². The van der Waals surface area contributed by atoms with Crippen LogP contribution in [0.3, 0.4) is 0 Å². The number of aliphatic hydroxyl groups excluding tert-OH is 2. The Hall–Kier alpha value is 0.751. The van der Waals surface area contributed by atoms with Gasteiger partial charge in [0, 0.05) is 26.1 Å². The zero-order chi connectivity index (χ0) is 21.8. The molecule has 0 amide bonds. The molecule has 0 aromatic rings. The minimum absolute atomic E-state index is 0. The van der Waals surface area contributed by atoms with Crippen molar-refractivity contribution in [2.45, 2.75) is 35.2 Å². The molecule has 0 aliphatic carbocycles. The monoisotopic (exact) mass is 588 g/mol. The molecular weight excluding hydrogens is 578 g/mol. The summed E-state index contributed by atoms with van der Waals surface area (Å²) >= 11 is 0. The van der Waals surface area contributed by atoms with Crippen LogP contribution in [0.15, 0.2) is 0 Å². The Morgan fingerprint density at radius 3 is 0.926 bits per heavy atom. The molecule has 0 aromatic carbocycles. The Morgan fingerprint density at radius 2 is 0.815 bits per heavy atom. The van der Waals surface area contributed by atoms with Gasteiger partial charge in [0.05, 0.1) is 0 Å². The summed E-state index contributed by atoms with van der Waals surface area (Å²) in [6, 6.07) is 0. The second-order valence-corrected chi connectivity index (χ2v) is 7.14. The molecule has 0 aliphatic heterocycles. The molecule has 0 saturated carbocycles. The molecule has 0 bridgehead atoms. The van der Waals surface area contributed by atoms with Crippen LogP contribution in [-0.2, 0) is 20.2 Å². The topological polar surface area (TPSA) is 155 Å². The van der Waals surface area contributed by atoms with Gasteiger partial charge in [-0.1, -0.05) is 0 Å². The van der Waals surface area contributed by atoms with E-state index in [2.05, 4.69) is 0 Å². The van der Waals surface area contributed by atoms with Crippen LogP contribution in [0, 0.1) is 0 Å². The molecule has 0 radical (unpaired) electrons. The minimum atomic E-state index is -6.43. The van der Waals surface area contributed by atoms with Crippen LogP contribution < -0.4 is 0 Å². The van der Waals surface area contributed by atoms with E-state index in [1.165, 1.54) is 0 Å². The van der Waals surface area contributed by atoms with Crippen LogP contribution in [0.5, 0.6) is 0 Å². The first kappa shape index (κ1) is 32.4. The molecule has 0 fully saturated rings. The van der Waals surface area contributed by atoms with Crippen molar-refractivity contribution in [1.82, 2.24) is 0 Å². The van der Waals surface area contributed by atoms with E-state index in [-0.39, 0.29) is 48.9 Å². The fraction of sp³-hybridized carbons (Fsp3) is 1.00. The SMILES string of the molecule is O=S(=O)([O-])C(F)(F)C(F)(F)CCO.O=S(=O)([O-])C(F)(F)C(F)(F)CCO.[Ba+2]. The molecule has 0 unspecified atom stereocenters. The number of hydrogen-bond donors (Lipinski definition) is 2. The van der Waals surface area contributed by atoms with Crippen LogP contribution in [0.25, 0.3) is 0 Å². The van der Waals surface area contributed by atoms with Gasteiger partial charge in [-0.05, 0) is 0 Å². The maximum atomic E-state index is 12.2. The number of rotatable bonds is 8. The Bertz CT molecular complexity index is 608.